The number of benzene rings is 1. The van der Waals surface area contributed by atoms with Crippen molar-refractivity contribution in [1.82, 2.24) is 14.6 Å². The van der Waals surface area contributed by atoms with Gasteiger partial charge in [-0.3, -0.25) is 4.79 Å². The molecule has 0 atom stereocenters. The molecule has 4 nitrogen and oxygen atoms in total. The molecule has 102 valence electrons. The Labute approximate surface area is 124 Å². The van der Waals surface area contributed by atoms with Gasteiger partial charge in [0, 0.05) is 16.7 Å². The van der Waals surface area contributed by atoms with Crippen molar-refractivity contribution >= 4 is 28.1 Å². The Hall–Kier alpha value is -1.66. The Balaban J connectivity index is 2.03. The zero-order valence-corrected chi connectivity index (χ0v) is 13.0. The highest BCUT2D eigenvalue weighted by molar-refractivity contribution is 8.01. The lowest BCUT2D eigenvalue weighted by Crippen LogP contribution is -2.14. The number of aryl methyl sites for hydroxylation is 3. The Bertz CT molecular complexity index is 851. The summed E-state index contributed by atoms with van der Waals surface area (Å²) < 4.78 is 2.19. The fraction of sp³-hybridized carbons (Fsp3) is 0.214. The third-order valence-corrected chi connectivity index (χ3v) is 5.02. The van der Waals surface area contributed by atoms with Crippen LogP contribution in [0.1, 0.15) is 16.8 Å². The van der Waals surface area contributed by atoms with Gasteiger partial charge in [-0.05, 0) is 32.4 Å². The van der Waals surface area contributed by atoms with E-state index < -0.39 is 0 Å². The number of aromatic nitrogens is 3. The van der Waals surface area contributed by atoms with Crippen molar-refractivity contribution in [2.45, 2.75) is 30.0 Å². The van der Waals surface area contributed by atoms with Crippen molar-refractivity contribution in [1.29, 1.82) is 0 Å². The van der Waals surface area contributed by atoms with E-state index in [2.05, 4.69) is 42.1 Å². The van der Waals surface area contributed by atoms with Crippen molar-refractivity contribution in [2.75, 3.05) is 0 Å². The topological polar surface area (TPSA) is 47.3 Å². The second kappa shape index (κ2) is 5.03. The number of rotatable bonds is 2. The van der Waals surface area contributed by atoms with E-state index in [0.717, 1.165) is 14.9 Å². The zero-order chi connectivity index (χ0) is 14.3. The fourth-order valence-corrected chi connectivity index (χ4v) is 3.96. The van der Waals surface area contributed by atoms with E-state index in [1.165, 1.54) is 33.0 Å². The summed E-state index contributed by atoms with van der Waals surface area (Å²) >= 11 is 3.01. The summed E-state index contributed by atoms with van der Waals surface area (Å²) in [5.41, 5.74) is 3.05. The van der Waals surface area contributed by atoms with Gasteiger partial charge in [-0.15, -0.1) is 5.10 Å². The molecule has 0 fully saturated rings. The number of hydrogen-bond donors (Lipinski definition) is 0. The maximum absolute atomic E-state index is 11.8. The monoisotopic (exact) mass is 303 g/mol. The molecule has 0 radical (unpaired) electrons. The van der Waals surface area contributed by atoms with Crippen molar-refractivity contribution < 1.29 is 0 Å². The largest absolute Gasteiger partial charge is 0.275 e. The lowest BCUT2D eigenvalue weighted by molar-refractivity contribution is 0.850. The van der Waals surface area contributed by atoms with Gasteiger partial charge in [0.25, 0.3) is 5.56 Å². The van der Waals surface area contributed by atoms with Crippen LogP contribution in [0.2, 0.25) is 0 Å². The lowest BCUT2D eigenvalue weighted by atomic mass is 10.2. The summed E-state index contributed by atoms with van der Waals surface area (Å²) in [6, 6.07) is 7.81. The second-order valence-corrected chi connectivity index (χ2v) is 6.91. The average Bonchev–Trinajstić information content (AvgIpc) is 2.75. The van der Waals surface area contributed by atoms with Gasteiger partial charge >= 0.3 is 0 Å². The Morgan fingerprint density at radius 3 is 2.75 bits per heavy atom. The van der Waals surface area contributed by atoms with E-state index in [1.807, 2.05) is 6.92 Å². The van der Waals surface area contributed by atoms with Crippen LogP contribution < -0.4 is 5.56 Å². The smallest absolute Gasteiger partial charge is 0.267 e. The van der Waals surface area contributed by atoms with Crippen molar-refractivity contribution in [3.8, 4) is 0 Å². The van der Waals surface area contributed by atoms with Crippen LogP contribution in [0.5, 0.6) is 0 Å². The molecule has 20 heavy (non-hydrogen) atoms. The number of nitrogens with zero attached hydrogens (tertiary/aromatic N) is 3. The minimum Gasteiger partial charge on any atom is -0.267 e. The van der Waals surface area contributed by atoms with Gasteiger partial charge in [-0.2, -0.15) is 4.52 Å². The molecule has 0 unspecified atom stereocenters. The van der Waals surface area contributed by atoms with Crippen LogP contribution in [0.3, 0.4) is 0 Å². The predicted octanol–water partition coefficient (Wildman–Crippen LogP) is 3.23. The van der Waals surface area contributed by atoms with Crippen LogP contribution >= 0.6 is 23.1 Å². The van der Waals surface area contributed by atoms with Gasteiger partial charge in [0.2, 0.25) is 4.96 Å². The lowest BCUT2D eigenvalue weighted by Gasteiger charge is -2.03. The quantitative estimate of drug-likeness (QED) is 0.729. The SMILES string of the molecule is Cc1ccc(Sc2nn3c(=O)cc(C)nc3s2)c(C)c1. The second-order valence-electron chi connectivity index (χ2n) is 4.67. The third-order valence-electron chi connectivity index (χ3n) is 2.88. The Morgan fingerprint density at radius 2 is 2.00 bits per heavy atom. The van der Waals surface area contributed by atoms with Crippen molar-refractivity contribution in [2.24, 2.45) is 0 Å². The van der Waals surface area contributed by atoms with E-state index in [4.69, 9.17) is 0 Å². The van der Waals surface area contributed by atoms with Gasteiger partial charge in [0.15, 0.2) is 4.34 Å². The van der Waals surface area contributed by atoms with E-state index in [-0.39, 0.29) is 5.56 Å². The van der Waals surface area contributed by atoms with Gasteiger partial charge < -0.3 is 0 Å². The van der Waals surface area contributed by atoms with Crippen LogP contribution in [0.4, 0.5) is 0 Å². The van der Waals surface area contributed by atoms with Crippen LogP contribution in [0.25, 0.3) is 4.96 Å². The van der Waals surface area contributed by atoms with Gasteiger partial charge in [0.1, 0.15) is 0 Å². The molecule has 0 aliphatic rings. The first kappa shape index (κ1) is 13.3. The molecule has 2 aromatic heterocycles. The molecule has 6 heteroatoms. The fourth-order valence-electron chi connectivity index (χ4n) is 1.95. The van der Waals surface area contributed by atoms with E-state index in [9.17, 15) is 4.79 Å². The third kappa shape index (κ3) is 2.48. The molecular weight excluding hydrogens is 290 g/mol. The summed E-state index contributed by atoms with van der Waals surface area (Å²) in [6.07, 6.45) is 0. The Morgan fingerprint density at radius 1 is 1.20 bits per heavy atom. The summed E-state index contributed by atoms with van der Waals surface area (Å²) in [4.78, 5) is 18.0. The maximum Gasteiger partial charge on any atom is 0.275 e. The van der Waals surface area contributed by atoms with Gasteiger partial charge in [0.05, 0.1) is 0 Å². The van der Waals surface area contributed by atoms with Crippen molar-refractivity contribution in [3.05, 3.63) is 51.4 Å². The molecule has 0 saturated carbocycles. The molecule has 0 saturated heterocycles. The zero-order valence-electron chi connectivity index (χ0n) is 11.4. The van der Waals surface area contributed by atoms with Crippen LogP contribution in [-0.2, 0) is 0 Å². The minimum absolute atomic E-state index is 0.128. The van der Waals surface area contributed by atoms with E-state index in [0.29, 0.717) is 4.96 Å². The molecule has 1 aromatic carbocycles. The summed E-state index contributed by atoms with van der Waals surface area (Å²) in [7, 11) is 0. The molecular formula is C14H13N3OS2. The highest BCUT2D eigenvalue weighted by Crippen LogP contribution is 2.32. The summed E-state index contributed by atoms with van der Waals surface area (Å²) in [5.74, 6) is 0. The molecule has 0 aliphatic carbocycles. The molecule has 3 rings (SSSR count). The standard InChI is InChI=1S/C14H13N3OS2/c1-8-4-5-11(9(2)6-8)19-14-16-17-12(18)7-10(3)15-13(17)20-14/h4-7H,1-3H3. The van der Waals surface area contributed by atoms with Gasteiger partial charge in [-0.25, -0.2) is 4.98 Å². The number of fused-ring (bicyclic) bond motifs is 1. The summed E-state index contributed by atoms with van der Waals surface area (Å²) in [6.45, 7) is 5.97. The normalized spacial score (nSPS) is 11.2. The highest BCUT2D eigenvalue weighted by Gasteiger charge is 2.10. The van der Waals surface area contributed by atoms with E-state index >= 15 is 0 Å². The first-order valence-electron chi connectivity index (χ1n) is 6.15. The van der Waals surface area contributed by atoms with Crippen LogP contribution in [0.15, 0.2) is 38.3 Å². The molecule has 0 N–H and O–H groups in total. The van der Waals surface area contributed by atoms with Crippen LogP contribution in [-0.4, -0.2) is 14.6 Å². The molecule has 0 aliphatic heterocycles. The minimum atomic E-state index is -0.128. The van der Waals surface area contributed by atoms with Crippen molar-refractivity contribution in [3.63, 3.8) is 0 Å². The average molecular weight is 303 g/mol. The molecule has 0 amide bonds. The maximum atomic E-state index is 11.8. The first-order valence-corrected chi connectivity index (χ1v) is 7.79. The number of hydrogen-bond acceptors (Lipinski definition) is 5. The molecule has 0 bridgehead atoms. The predicted molar refractivity (Wildman–Crippen MR) is 81.9 cm³/mol. The summed E-state index contributed by atoms with van der Waals surface area (Å²) in [5, 5.41) is 4.34. The van der Waals surface area contributed by atoms with Crippen LogP contribution in [0, 0.1) is 20.8 Å². The molecule has 0 spiro atoms. The van der Waals surface area contributed by atoms with E-state index in [1.54, 1.807) is 11.8 Å². The highest BCUT2D eigenvalue weighted by atomic mass is 32.2. The molecule has 3 aromatic rings. The Kier molecular flexibility index (Phi) is 3.35. The van der Waals surface area contributed by atoms with Gasteiger partial charge in [-0.1, -0.05) is 40.8 Å². The molecule has 2 heterocycles. The first-order chi connectivity index (χ1) is 9.52.